The van der Waals surface area contributed by atoms with Crippen molar-refractivity contribution in [2.24, 2.45) is 23.7 Å². The summed E-state index contributed by atoms with van der Waals surface area (Å²) in [5.41, 5.74) is -4.92. The van der Waals surface area contributed by atoms with E-state index in [1.807, 2.05) is 25.9 Å². The molecular weight excluding hydrogens is 706 g/mol. The number of aliphatic hydroxyl groups is 4. The van der Waals surface area contributed by atoms with Gasteiger partial charge >= 0.3 is 11.9 Å². The average molecular weight is 776 g/mol. The standard InChI is InChI=1S/C39H69NO14/c1-15-27-39(11,47)32(43)21(4)29(42)19(2)17-37(9,46)34(54-36-31(51-25(8)41)26(40(12)13)16-20(3)49-36)22(5)30(23(6)35(45)52-27)53-28-18-38(10,48-14)33(44)24(7)50-28/h19-24,26-28,30-34,36,43-44,46-47H,15-18H2,1-14H3/t19?,20?,21-,22?,23?,24?,26?,27?,28-,30?,31+,32+,33-,34+,36?,37-,38+,39+/m0/s1. The highest BCUT2D eigenvalue weighted by atomic mass is 16.7. The van der Waals surface area contributed by atoms with Crippen LogP contribution in [0.2, 0.25) is 0 Å². The minimum Gasteiger partial charge on any atom is -0.459 e. The number of carbonyl (C=O) groups excluding carboxylic acids is 3. The number of ether oxygens (including phenoxy) is 7. The van der Waals surface area contributed by atoms with Gasteiger partial charge < -0.3 is 58.5 Å². The van der Waals surface area contributed by atoms with Gasteiger partial charge in [-0.2, -0.15) is 0 Å². The fourth-order valence-corrected chi connectivity index (χ4v) is 8.71. The van der Waals surface area contributed by atoms with Gasteiger partial charge in [0.1, 0.15) is 23.6 Å². The van der Waals surface area contributed by atoms with Gasteiger partial charge in [0.05, 0.1) is 53.7 Å². The number of hydrogen-bond acceptors (Lipinski definition) is 15. The third kappa shape index (κ3) is 10.2. The maximum atomic E-state index is 14.2. The molecule has 0 spiro atoms. The monoisotopic (exact) mass is 775 g/mol. The number of likely N-dealkylation sites (N-methyl/N-ethyl adjacent to an activating group) is 1. The number of hydrogen-bond donors (Lipinski definition) is 4. The molecule has 15 heteroatoms. The smallest absolute Gasteiger partial charge is 0.311 e. The Labute approximate surface area is 321 Å². The summed E-state index contributed by atoms with van der Waals surface area (Å²) in [5, 5.41) is 46.5. The largest absolute Gasteiger partial charge is 0.459 e. The second-order valence-corrected chi connectivity index (χ2v) is 17.1. The van der Waals surface area contributed by atoms with E-state index in [2.05, 4.69) is 0 Å². The molecule has 4 N–H and O–H groups in total. The molecule has 0 aliphatic carbocycles. The van der Waals surface area contributed by atoms with Crippen LogP contribution in [0.1, 0.15) is 102 Å². The van der Waals surface area contributed by atoms with Crippen LogP contribution in [0.25, 0.3) is 0 Å². The second-order valence-electron chi connectivity index (χ2n) is 17.1. The van der Waals surface area contributed by atoms with E-state index in [9.17, 15) is 34.8 Å². The predicted molar refractivity (Wildman–Crippen MR) is 196 cm³/mol. The summed E-state index contributed by atoms with van der Waals surface area (Å²) in [4.78, 5) is 42.4. The first-order valence-corrected chi connectivity index (χ1v) is 19.4. The molecule has 3 aliphatic rings. The molecule has 9 unspecified atom stereocenters. The molecule has 0 aromatic rings. The lowest BCUT2D eigenvalue weighted by Gasteiger charge is -2.49. The van der Waals surface area contributed by atoms with E-state index in [0.717, 1.165) is 0 Å². The molecule has 3 aliphatic heterocycles. The first-order valence-electron chi connectivity index (χ1n) is 19.4. The van der Waals surface area contributed by atoms with Crippen molar-refractivity contribution in [1.82, 2.24) is 4.90 Å². The van der Waals surface area contributed by atoms with Crippen molar-refractivity contribution in [2.75, 3.05) is 21.2 Å². The van der Waals surface area contributed by atoms with Crippen molar-refractivity contribution < 1.29 is 68.0 Å². The molecule has 3 rings (SSSR count). The Balaban J connectivity index is 2.23. The molecule has 3 fully saturated rings. The molecule has 54 heavy (non-hydrogen) atoms. The molecule has 314 valence electrons. The number of ketones is 1. The maximum absolute atomic E-state index is 14.2. The molecule has 0 amide bonds. The Morgan fingerprint density at radius 2 is 1.52 bits per heavy atom. The normalized spacial score (nSPS) is 47.5. The number of Topliss-reactive ketones (excluding diaryl/α,β-unsaturated/α-hetero) is 1. The maximum Gasteiger partial charge on any atom is 0.311 e. The van der Waals surface area contributed by atoms with Gasteiger partial charge in [0.15, 0.2) is 18.7 Å². The van der Waals surface area contributed by atoms with Crippen LogP contribution in [0.4, 0.5) is 0 Å². The molecule has 3 heterocycles. The Morgan fingerprint density at radius 1 is 0.907 bits per heavy atom. The molecule has 0 radical (unpaired) electrons. The van der Waals surface area contributed by atoms with Crippen LogP contribution < -0.4 is 0 Å². The lowest BCUT2D eigenvalue weighted by Crippen LogP contribution is -2.61. The Hall–Kier alpha value is -1.79. The van der Waals surface area contributed by atoms with Gasteiger partial charge in [0, 0.05) is 38.2 Å². The molecule has 3 saturated heterocycles. The lowest BCUT2D eigenvalue weighted by atomic mass is 9.74. The Bertz CT molecular complexity index is 1280. The zero-order valence-electron chi connectivity index (χ0n) is 34.8. The van der Waals surface area contributed by atoms with E-state index in [0.29, 0.717) is 6.42 Å². The molecule has 15 nitrogen and oxygen atoms in total. The van der Waals surface area contributed by atoms with Gasteiger partial charge in [-0.05, 0) is 74.9 Å². The van der Waals surface area contributed by atoms with Gasteiger partial charge in [-0.15, -0.1) is 0 Å². The van der Waals surface area contributed by atoms with E-state index >= 15 is 0 Å². The molecule has 0 bridgehead atoms. The van der Waals surface area contributed by atoms with Crippen LogP contribution >= 0.6 is 0 Å². The highest BCUT2D eigenvalue weighted by Gasteiger charge is 2.54. The summed E-state index contributed by atoms with van der Waals surface area (Å²) >= 11 is 0. The second kappa shape index (κ2) is 18.2. The van der Waals surface area contributed by atoms with Crippen molar-refractivity contribution in [3.05, 3.63) is 0 Å². The van der Waals surface area contributed by atoms with Gasteiger partial charge in [-0.1, -0.05) is 27.7 Å². The van der Waals surface area contributed by atoms with Crippen LogP contribution in [0.15, 0.2) is 0 Å². The molecular formula is C39H69NO14. The van der Waals surface area contributed by atoms with E-state index < -0.39 is 114 Å². The third-order valence-electron chi connectivity index (χ3n) is 12.1. The van der Waals surface area contributed by atoms with Crippen LogP contribution in [-0.2, 0) is 47.5 Å². The first kappa shape index (κ1) is 46.6. The SMILES string of the molecule is CCC1OC(=O)C(C)C(O[C@H]2C[C@@](C)(OC)[C@@H](O)C(C)O2)C(C)[C@@H](OC2OC(C)CC(N(C)C)[C@H]2OC(C)=O)[C@@](C)(O)CC(C)C(=O)[C@H](C)[C@@H](O)[C@]1(C)O. The molecule has 0 aromatic carbocycles. The highest BCUT2D eigenvalue weighted by Crippen LogP contribution is 2.41. The van der Waals surface area contributed by atoms with Gasteiger partial charge in [-0.25, -0.2) is 0 Å². The molecule has 0 aromatic heterocycles. The Morgan fingerprint density at radius 3 is 2.06 bits per heavy atom. The summed E-state index contributed by atoms with van der Waals surface area (Å²) in [6.45, 7) is 17.6. The van der Waals surface area contributed by atoms with Crippen LogP contribution in [-0.4, -0.2) is 149 Å². The number of cyclic esters (lactones) is 1. The van der Waals surface area contributed by atoms with Crippen molar-refractivity contribution in [3.63, 3.8) is 0 Å². The number of esters is 2. The summed E-state index contributed by atoms with van der Waals surface area (Å²) in [6.07, 6.45) is -9.80. The molecule has 0 saturated carbocycles. The van der Waals surface area contributed by atoms with Gasteiger partial charge in [0.25, 0.3) is 0 Å². The summed E-state index contributed by atoms with van der Waals surface area (Å²) in [7, 11) is 5.19. The van der Waals surface area contributed by atoms with E-state index in [1.54, 1.807) is 41.5 Å². The zero-order valence-corrected chi connectivity index (χ0v) is 34.8. The van der Waals surface area contributed by atoms with Crippen LogP contribution in [0.5, 0.6) is 0 Å². The fourth-order valence-electron chi connectivity index (χ4n) is 8.71. The quantitative estimate of drug-likeness (QED) is 0.262. The number of carbonyl (C=O) groups is 3. The predicted octanol–water partition coefficient (Wildman–Crippen LogP) is 2.36. The third-order valence-corrected chi connectivity index (χ3v) is 12.1. The Kier molecular flexibility index (Phi) is 15.7. The minimum absolute atomic E-state index is 0.0755. The fraction of sp³-hybridized carbons (Fsp3) is 0.923. The van der Waals surface area contributed by atoms with Crippen molar-refractivity contribution in [3.8, 4) is 0 Å². The van der Waals surface area contributed by atoms with E-state index in [4.69, 9.17) is 33.2 Å². The highest BCUT2D eigenvalue weighted by molar-refractivity contribution is 5.83. The topological polar surface area (TPSA) is 200 Å². The van der Waals surface area contributed by atoms with Gasteiger partial charge in [0.2, 0.25) is 0 Å². The minimum atomic E-state index is -2.01. The number of nitrogens with zero attached hydrogens (tertiary/aromatic N) is 1. The summed E-state index contributed by atoms with van der Waals surface area (Å²) in [6, 6.07) is -0.320. The van der Waals surface area contributed by atoms with Crippen LogP contribution in [0.3, 0.4) is 0 Å². The van der Waals surface area contributed by atoms with Crippen molar-refractivity contribution in [1.29, 1.82) is 0 Å². The van der Waals surface area contributed by atoms with Crippen molar-refractivity contribution in [2.45, 2.75) is 186 Å². The van der Waals surface area contributed by atoms with Gasteiger partial charge in [-0.3, -0.25) is 14.4 Å². The van der Waals surface area contributed by atoms with Crippen molar-refractivity contribution >= 4 is 17.7 Å². The number of rotatable bonds is 8. The summed E-state index contributed by atoms with van der Waals surface area (Å²) < 4.78 is 43.3. The number of aliphatic hydroxyl groups excluding tert-OH is 2. The summed E-state index contributed by atoms with van der Waals surface area (Å²) in [5.74, 6) is -5.68. The van der Waals surface area contributed by atoms with E-state index in [1.165, 1.54) is 34.8 Å². The average Bonchev–Trinajstić information content (AvgIpc) is 3.08. The zero-order chi connectivity index (χ0) is 41.2. The van der Waals surface area contributed by atoms with Crippen LogP contribution in [0, 0.1) is 23.7 Å². The molecule has 18 atom stereocenters. The number of methoxy groups -OCH3 is 1. The van der Waals surface area contributed by atoms with E-state index in [-0.39, 0.29) is 31.4 Å². The lowest BCUT2D eigenvalue weighted by molar-refractivity contribution is -0.318. The first-order chi connectivity index (χ1) is 24.8.